The summed E-state index contributed by atoms with van der Waals surface area (Å²) >= 11 is 0. The molecule has 0 aromatic carbocycles. The number of nitrogens with zero attached hydrogens (tertiary/aromatic N) is 1. The van der Waals surface area contributed by atoms with E-state index in [0.717, 1.165) is 5.57 Å². The molecule has 4 aliphatic heterocycles. The number of ketones is 1. The van der Waals surface area contributed by atoms with Crippen LogP contribution in [-0.2, 0) is 71.3 Å². The van der Waals surface area contributed by atoms with Gasteiger partial charge in [-0.25, -0.2) is 0 Å². The van der Waals surface area contributed by atoms with Gasteiger partial charge in [0.25, 0.3) is 0 Å². The highest BCUT2D eigenvalue weighted by molar-refractivity contribution is 5.91. The number of allylic oxidation sites excluding steroid dienone is 3. The first-order valence-electron chi connectivity index (χ1n) is 22.9. The quantitative estimate of drug-likeness (QED) is 0.139. The first-order chi connectivity index (χ1) is 30.3. The third-order valence-electron chi connectivity index (χ3n) is 13.2. The lowest BCUT2D eigenvalue weighted by Gasteiger charge is -2.49. The molecule has 4 heterocycles. The maximum Gasteiger partial charge on any atom is 0.308 e. The average Bonchev–Trinajstić information content (AvgIpc) is 3.23. The van der Waals surface area contributed by atoms with Gasteiger partial charge in [0.2, 0.25) is 0 Å². The Morgan fingerprint density at radius 3 is 2.12 bits per heavy atom. The van der Waals surface area contributed by atoms with Crippen molar-refractivity contribution in [3.8, 4) is 0 Å². The number of hydrogen-bond donors (Lipinski definition) is 0. The summed E-state index contributed by atoms with van der Waals surface area (Å²) in [6.45, 7) is 20.7. The van der Waals surface area contributed by atoms with Crippen LogP contribution in [0.4, 0.5) is 0 Å². The Hall–Kier alpha value is -3.06. The van der Waals surface area contributed by atoms with Crippen molar-refractivity contribution in [3.63, 3.8) is 0 Å². The van der Waals surface area contributed by atoms with Crippen molar-refractivity contribution in [1.29, 1.82) is 0 Å². The van der Waals surface area contributed by atoms with E-state index < -0.39 is 103 Å². The third kappa shape index (κ3) is 14.2. The zero-order chi connectivity index (χ0) is 47.4. The molecule has 0 aromatic heterocycles. The summed E-state index contributed by atoms with van der Waals surface area (Å²) in [6, 6.07) is -0.654. The molecule has 64 heavy (non-hydrogen) atoms. The summed E-state index contributed by atoms with van der Waals surface area (Å²) < 4.78 is 68.8. The van der Waals surface area contributed by atoms with Crippen LogP contribution in [0.1, 0.15) is 88.0 Å². The molecule has 3 fully saturated rings. The van der Waals surface area contributed by atoms with E-state index in [1.807, 2.05) is 52.5 Å². The second kappa shape index (κ2) is 25.2. The average molecular weight is 908 g/mol. The maximum absolute atomic E-state index is 14.4. The van der Waals surface area contributed by atoms with Gasteiger partial charge in [-0.05, 0) is 66.1 Å². The SMILES string of the molecule is C=CC1COCC[C@H]2C[C@@H](C)C(=O)/C=C/C(C)=C/[C@H](CO[C@@H]3OC(C)[C@H](C)[C@H](OC)C3OC)[C@@H](CC)OC(=O)C[C@@H](O1)[C@H](C)[C@H]2O[C@@H]1OC(C)[C@H](OC(C)=O)C(N(C)C)C1OC(C)=O. The number of rotatable bonds is 12. The molecule has 4 aliphatic rings. The van der Waals surface area contributed by atoms with E-state index >= 15 is 0 Å². The Bertz CT molecular complexity index is 1600. The summed E-state index contributed by atoms with van der Waals surface area (Å²) in [6.07, 6.45) is 0.0275. The molecule has 16 nitrogen and oxygen atoms in total. The van der Waals surface area contributed by atoms with E-state index in [-0.39, 0.29) is 49.5 Å². The summed E-state index contributed by atoms with van der Waals surface area (Å²) in [5, 5.41) is 0. The molecule has 2 bridgehead atoms. The van der Waals surface area contributed by atoms with Gasteiger partial charge >= 0.3 is 17.9 Å². The summed E-state index contributed by atoms with van der Waals surface area (Å²) in [5.41, 5.74) is 0.784. The molecule has 0 spiro atoms. The standard InChI is InChI=1S/C48H77NO15/c1-15-36-25-56-20-19-34-22-27(4)37(52)18-17-26(3)21-35(24-57-47-46(55-14)43(54-13)28(5)30(7)58-47)38(16-2)63-40(53)23-39(62-36)29(6)42(34)64-48-45(61-33(10)51)41(49(11)12)44(31(8)59-48)60-32(9)50/h15,17-18,21,27-31,34-36,38-39,41-48H,1,16,19-20,22-25H2,2-14H3/b18-17+,26-21+/t27-,28+,29+,30?,31?,34+,35-,36?,38-,39-,41?,42-,43+,44+,45?,46?,47-,48+/m1/s1. The summed E-state index contributed by atoms with van der Waals surface area (Å²) in [5.74, 6) is -3.38. The van der Waals surface area contributed by atoms with Crippen LogP contribution in [0, 0.1) is 29.6 Å². The fourth-order valence-corrected chi connectivity index (χ4v) is 9.52. The predicted molar refractivity (Wildman–Crippen MR) is 236 cm³/mol. The fourth-order valence-electron chi connectivity index (χ4n) is 9.52. The van der Waals surface area contributed by atoms with Crippen molar-refractivity contribution in [2.75, 3.05) is 48.1 Å². The number of fused-ring (bicyclic) bond motifs is 3. The van der Waals surface area contributed by atoms with Crippen molar-refractivity contribution in [3.05, 3.63) is 36.5 Å². The second-order valence-electron chi connectivity index (χ2n) is 18.2. The van der Waals surface area contributed by atoms with Crippen LogP contribution in [0.25, 0.3) is 0 Å². The zero-order valence-electron chi connectivity index (χ0n) is 40.4. The topological polar surface area (TPSA) is 173 Å². The van der Waals surface area contributed by atoms with Crippen LogP contribution in [0.5, 0.6) is 0 Å². The first kappa shape index (κ1) is 53.6. The van der Waals surface area contributed by atoms with Gasteiger partial charge in [-0.3, -0.25) is 24.1 Å². The van der Waals surface area contributed by atoms with Gasteiger partial charge < -0.3 is 52.1 Å². The van der Waals surface area contributed by atoms with Crippen molar-refractivity contribution in [1.82, 2.24) is 4.90 Å². The van der Waals surface area contributed by atoms with E-state index in [4.69, 9.17) is 52.1 Å². The molecule has 0 N–H and O–H groups in total. The van der Waals surface area contributed by atoms with E-state index in [2.05, 4.69) is 6.58 Å². The molecular weight excluding hydrogens is 831 g/mol. The number of cyclic esters (lactones) is 1. The molecule has 4 rings (SSSR count). The van der Waals surface area contributed by atoms with Crippen LogP contribution in [-0.4, -0.2) is 156 Å². The number of methoxy groups -OCH3 is 2. The Labute approximate surface area is 380 Å². The molecule has 6 unspecified atom stereocenters. The van der Waals surface area contributed by atoms with Crippen molar-refractivity contribution in [2.45, 2.75) is 168 Å². The molecule has 0 radical (unpaired) electrons. The minimum Gasteiger partial charge on any atom is -0.462 e. The number of hydrogen-bond acceptors (Lipinski definition) is 16. The van der Waals surface area contributed by atoms with Crippen LogP contribution in [0.15, 0.2) is 36.5 Å². The van der Waals surface area contributed by atoms with E-state index in [0.29, 0.717) is 25.9 Å². The molecule has 0 saturated carbocycles. The predicted octanol–water partition coefficient (Wildman–Crippen LogP) is 5.39. The largest absolute Gasteiger partial charge is 0.462 e. The molecule has 0 amide bonds. The number of ether oxygens (including phenoxy) is 11. The van der Waals surface area contributed by atoms with Gasteiger partial charge in [-0.15, -0.1) is 6.58 Å². The van der Waals surface area contributed by atoms with Crippen molar-refractivity contribution >= 4 is 23.7 Å². The van der Waals surface area contributed by atoms with Gasteiger partial charge in [-0.1, -0.05) is 51.5 Å². The Balaban J connectivity index is 1.77. The highest BCUT2D eigenvalue weighted by Crippen LogP contribution is 2.38. The van der Waals surface area contributed by atoms with Crippen molar-refractivity contribution in [2.24, 2.45) is 29.6 Å². The molecule has 0 aromatic rings. The number of carbonyl (C=O) groups excluding carboxylic acids is 4. The van der Waals surface area contributed by atoms with Crippen LogP contribution in [0.2, 0.25) is 0 Å². The minimum atomic E-state index is -1.15. The molecule has 0 aliphatic carbocycles. The van der Waals surface area contributed by atoms with E-state index in [1.165, 1.54) is 13.8 Å². The van der Waals surface area contributed by atoms with Gasteiger partial charge in [0.15, 0.2) is 24.5 Å². The summed E-state index contributed by atoms with van der Waals surface area (Å²) in [7, 11) is 6.84. The molecule has 364 valence electrons. The van der Waals surface area contributed by atoms with Gasteiger partial charge in [0, 0.05) is 58.3 Å². The smallest absolute Gasteiger partial charge is 0.308 e. The molecule has 18 atom stereocenters. The van der Waals surface area contributed by atoms with Gasteiger partial charge in [0.05, 0.1) is 62.3 Å². The monoisotopic (exact) mass is 908 g/mol. The lowest BCUT2D eigenvalue weighted by molar-refractivity contribution is -0.309. The van der Waals surface area contributed by atoms with Gasteiger partial charge in [-0.2, -0.15) is 0 Å². The fraction of sp³-hybridized carbons (Fsp3) is 0.792. The van der Waals surface area contributed by atoms with Crippen LogP contribution in [0.3, 0.4) is 0 Å². The van der Waals surface area contributed by atoms with Crippen molar-refractivity contribution < 1.29 is 71.3 Å². The lowest BCUT2D eigenvalue weighted by atomic mass is 9.79. The van der Waals surface area contributed by atoms with E-state index in [9.17, 15) is 19.2 Å². The lowest BCUT2D eigenvalue weighted by Crippen LogP contribution is -2.65. The second-order valence-corrected chi connectivity index (χ2v) is 18.2. The molecular formula is C48H77NO15. The Kier molecular flexibility index (Phi) is 21.1. The highest BCUT2D eigenvalue weighted by atomic mass is 16.7. The molecule has 3 saturated heterocycles. The minimum absolute atomic E-state index is 0.0526. The number of esters is 3. The van der Waals surface area contributed by atoms with Crippen LogP contribution >= 0.6 is 0 Å². The summed E-state index contributed by atoms with van der Waals surface area (Å²) in [4.78, 5) is 55.2. The van der Waals surface area contributed by atoms with Crippen LogP contribution < -0.4 is 0 Å². The third-order valence-corrected chi connectivity index (χ3v) is 13.2. The number of carbonyl (C=O) groups is 4. The Morgan fingerprint density at radius 2 is 1.52 bits per heavy atom. The molecule has 16 heteroatoms. The number of likely N-dealkylation sites (N-methyl/N-ethyl adjacent to an activating group) is 1. The first-order valence-corrected chi connectivity index (χ1v) is 22.9. The highest BCUT2D eigenvalue weighted by Gasteiger charge is 2.52. The zero-order valence-corrected chi connectivity index (χ0v) is 40.4. The van der Waals surface area contributed by atoms with Gasteiger partial charge in [0.1, 0.15) is 18.3 Å². The van der Waals surface area contributed by atoms with E-state index in [1.54, 1.807) is 53.5 Å². The normalized spacial score (nSPS) is 41.0. The maximum atomic E-state index is 14.4. The Morgan fingerprint density at radius 1 is 0.859 bits per heavy atom.